The molecule has 0 aliphatic rings. The van der Waals surface area contributed by atoms with Gasteiger partial charge in [-0.1, -0.05) is 29.8 Å². The molecule has 2 heterocycles. The molecule has 0 radical (unpaired) electrons. The molecule has 3 aromatic rings. The highest BCUT2D eigenvalue weighted by Gasteiger charge is 2.18. The second-order valence-electron chi connectivity index (χ2n) is 5.47. The molecule has 0 spiro atoms. The molecule has 0 saturated carbocycles. The van der Waals surface area contributed by atoms with Gasteiger partial charge in [-0.2, -0.15) is 0 Å². The number of thiazole rings is 1. The number of carbonyl (C=O) groups is 2. The minimum Gasteiger partial charge on any atom is -0.461 e. The largest absolute Gasteiger partial charge is 0.461 e. The zero-order chi connectivity index (χ0) is 18.5. The summed E-state index contributed by atoms with van der Waals surface area (Å²) in [7, 11) is 0. The minimum absolute atomic E-state index is 0.0139. The van der Waals surface area contributed by atoms with Crippen molar-refractivity contribution in [2.75, 3.05) is 6.61 Å². The third kappa shape index (κ3) is 4.17. The topological polar surface area (TPSA) is 65.5 Å². The van der Waals surface area contributed by atoms with Crippen molar-refractivity contribution in [1.82, 2.24) is 4.98 Å². The number of nitrogens with zero attached hydrogens (tertiary/aromatic N) is 1. The van der Waals surface area contributed by atoms with Gasteiger partial charge in [0.1, 0.15) is 11.5 Å². The molecule has 7 heteroatoms. The number of benzene rings is 1. The van der Waals surface area contributed by atoms with E-state index in [9.17, 15) is 9.59 Å². The van der Waals surface area contributed by atoms with E-state index < -0.39 is 11.9 Å². The lowest BCUT2D eigenvalue weighted by atomic mass is 10.1. The molecule has 0 aliphatic carbocycles. The summed E-state index contributed by atoms with van der Waals surface area (Å²) in [5.41, 5.74) is 3.52. The Morgan fingerprint density at radius 1 is 1.04 bits per heavy atom. The summed E-state index contributed by atoms with van der Waals surface area (Å²) in [5, 5.41) is 3.82. The minimum atomic E-state index is -0.463. The molecule has 0 bridgehead atoms. The van der Waals surface area contributed by atoms with Crippen molar-refractivity contribution in [3.63, 3.8) is 0 Å². The fraction of sp³-hybridized carbons (Fsp3) is 0.211. The Hall–Kier alpha value is -2.51. The van der Waals surface area contributed by atoms with Crippen LogP contribution in [-0.2, 0) is 16.1 Å². The Bertz CT molecular complexity index is 912. The number of rotatable bonds is 6. The molecule has 1 aromatic carbocycles. The molecule has 0 unspecified atom stereocenters. The standard InChI is InChI=1S/C19H17NO4S2/c1-3-23-19(22)17-20-14(11-26-17)10-24-18(21)16-15(8-9-25-16)13-6-4-12(2)5-7-13/h4-9,11H,3,10H2,1-2H3. The maximum Gasteiger partial charge on any atom is 0.367 e. The first-order chi connectivity index (χ1) is 12.6. The van der Waals surface area contributed by atoms with Crippen LogP contribution in [0.4, 0.5) is 0 Å². The van der Waals surface area contributed by atoms with E-state index in [0.717, 1.165) is 16.7 Å². The molecule has 5 nitrogen and oxygen atoms in total. The van der Waals surface area contributed by atoms with Crippen LogP contribution >= 0.6 is 22.7 Å². The Balaban J connectivity index is 1.67. The van der Waals surface area contributed by atoms with Gasteiger partial charge in [-0.05, 0) is 30.9 Å². The highest BCUT2D eigenvalue weighted by Crippen LogP contribution is 2.29. The number of thiophene rings is 1. The third-order valence-electron chi connectivity index (χ3n) is 3.57. The van der Waals surface area contributed by atoms with E-state index in [-0.39, 0.29) is 11.6 Å². The number of hydrogen-bond acceptors (Lipinski definition) is 7. The van der Waals surface area contributed by atoms with Gasteiger partial charge in [-0.25, -0.2) is 14.6 Å². The average molecular weight is 387 g/mol. The molecule has 0 N–H and O–H groups in total. The number of esters is 2. The number of carbonyl (C=O) groups excluding carboxylic acids is 2. The van der Waals surface area contributed by atoms with E-state index in [0.29, 0.717) is 17.2 Å². The highest BCUT2D eigenvalue weighted by molar-refractivity contribution is 7.12. The average Bonchev–Trinajstić information content (AvgIpc) is 3.30. The van der Waals surface area contributed by atoms with Gasteiger partial charge >= 0.3 is 11.9 Å². The molecule has 2 aromatic heterocycles. The second-order valence-corrected chi connectivity index (χ2v) is 7.24. The molecule has 0 amide bonds. The van der Waals surface area contributed by atoms with Gasteiger partial charge in [0.15, 0.2) is 0 Å². The van der Waals surface area contributed by atoms with Gasteiger partial charge in [-0.3, -0.25) is 0 Å². The van der Waals surface area contributed by atoms with E-state index in [1.54, 1.807) is 12.3 Å². The highest BCUT2D eigenvalue weighted by atomic mass is 32.1. The van der Waals surface area contributed by atoms with E-state index >= 15 is 0 Å². The van der Waals surface area contributed by atoms with Crippen molar-refractivity contribution >= 4 is 34.6 Å². The van der Waals surface area contributed by atoms with E-state index in [2.05, 4.69) is 4.98 Å². The van der Waals surface area contributed by atoms with Gasteiger partial charge in [0.2, 0.25) is 5.01 Å². The summed E-state index contributed by atoms with van der Waals surface area (Å²) in [5.74, 6) is -0.865. The summed E-state index contributed by atoms with van der Waals surface area (Å²) in [6, 6.07) is 9.90. The molecule has 26 heavy (non-hydrogen) atoms. The van der Waals surface area contributed by atoms with E-state index in [4.69, 9.17) is 9.47 Å². The summed E-state index contributed by atoms with van der Waals surface area (Å²) >= 11 is 2.52. The van der Waals surface area contributed by atoms with Crippen LogP contribution in [0.5, 0.6) is 0 Å². The van der Waals surface area contributed by atoms with E-state index in [1.165, 1.54) is 22.7 Å². The van der Waals surface area contributed by atoms with Crippen molar-refractivity contribution in [2.45, 2.75) is 20.5 Å². The van der Waals surface area contributed by atoms with Gasteiger partial charge in [-0.15, -0.1) is 22.7 Å². The van der Waals surface area contributed by atoms with Crippen molar-refractivity contribution in [1.29, 1.82) is 0 Å². The Morgan fingerprint density at radius 3 is 2.54 bits per heavy atom. The lowest BCUT2D eigenvalue weighted by Crippen LogP contribution is -2.06. The molecular weight excluding hydrogens is 370 g/mol. The first kappa shape index (κ1) is 18.3. The van der Waals surface area contributed by atoms with Crippen LogP contribution in [0.2, 0.25) is 0 Å². The maximum atomic E-state index is 12.5. The summed E-state index contributed by atoms with van der Waals surface area (Å²) in [6.45, 7) is 4.06. The van der Waals surface area contributed by atoms with Crippen LogP contribution in [-0.4, -0.2) is 23.5 Å². The summed E-state index contributed by atoms with van der Waals surface area (Å²) in [6.07, 6.45) is 0. The maximum absolute atomic E-state index is 12.5. The Morgan fingerprint density at radius 2 is 1.81 bits per heavy atom. The Labute approximate surface area is 159 Å². The predicted octanol–water partition coefficient (Wildman–Crippen LogP) is 4.71. The van der Waals surface area contributed by atoms with Crippen LogP contribution in [0.25, 0.3) is 11.1 Å². The SMILES string of the molecule is CCOC(=O)c1nc(COC(=O)c2sccc2-c2ccc(C)cc2)cs1. The van der Waals surface area contributed by atoms with Crippen LogP contribution in [0.3, 0.4) is 0 Å². The van der Waals surface area contributed by atoms with Crippen molar-refractivity contribution in [3.05, 3.63) is 62.2 Å². The zero-order valence-electron chi connectivity index (χ0n) is 14.4. The van der Waals surface area contributed by atoms with Crippen LogP contribution in [0.1, 0.15) is 37.7 Å². The van der Waals surface area contributed by atoms with Gasteiger partial charge in [0.25, 0.3) is 0 Å². The summed E-state index contributed by atoms with van der Waals surface area (Å²) in [4.78, 5) is 28.8. The monoisotopic (exact) mass is 387 g/mol. The van der Waals surface area contributed by atoms with Crippen molar-refractivity contribution in [3.8, 4) is 11.1 Å². The number of hydrogen-bond donors (Lipinski definition) is 0. The smallest absolute Gasteiger partial charge is 0.367 e. The lowest BCUT2D eigenvalue weighted by Gasteiger charge is -2.05. The predicted molar refractivity (Wildman–Crippen MR) is 102 cm³/mol. The van der Waals surface area contributed by atoms with Crippen LogP contribution < -0.4 is 0 Å². The normalized spacial score (nSPS) is 10.5. The Kier molecular flexibility index (Phi) is 5.80. The molecule has 0 saturated heterocycles. The van der Waals surface area contributed by atoms with Crippen molar-refractivity contribution < 1.29 is 19.1 Å². The second kappa shape index (κ2) is 8.25. The molecule has 3 rings (SSSR count). The van der Waals surface area contributed by atoms with Gasteiger partial charge in [0, 0.05) is 10.9 Å². The number of aryl methyl sites for hydroxylation is 1. The quantitative estimate of drug-likeness (QED) is 0.573. The molecule has 134 valence electrons. The fourth-order valence-electron chi connectivity index (χ4n) is 2.29. The molecule has 0 atom stereocenters. The molecule has 0 fully saturated rings. The first-order valence-electron chi connectivity index (χ1n) is 8.01. The van der Waals surface area contributed by atoms with E-state index in [1.807, 2.05) is 42.6 Å². The van der Waals surface area contributed by atoms with Gasteiger partial charge in [0.05, 0.1) is 12.3 Å². The van der Waals surface area contributed by atoms with Crippen molar-refractivity contribution in [2.24, 2.45) is 0 Å². The zero-order valence-corrected chi connectivity index (χ0v) is 16.0. The summed E-state index contributed by atoms with van der Waals surface area (Å²) < 4.78 is 10.3. The lowest BCUT2D eigenvalue weighted by molar-refractivity contribution is 0.0475. The molecule has 0 aliphatic heterocycles. The van der Waals surface area contributed by atoms with Crippen LogP contribution in [0, 0.1) is 6.92 Å². The number of aromatic nitrogens is 1. The molecular formula is C19H17NO4S2. The third-order valence-corrected chi connectivity index (χ3v) is 5.33. The van der Waals surface area contributed by atoms with Gasteiger partial charge < -0.3 is 9.47 Å². The van der Waals surface area contributed by atoms with Crippen LogP contribution in [0.15, 0.2) is 41.1 Å². The fourth-order valence-corrected chi connectivity index (χ4v) is 3.79. The first-order valence-corrected chi connectivity index (χ1v) is 9.77. The number of ether oxygens (including phenoxy) is 2.